The second-order valence-corrected chi connectivity index (χ2v) is 4.40. The molecule has 1 rings (SSSR count). The molecular weight excluding hydrogens is 281 g/mol. The van der Waals surface area contributed by atoms with E-state index in [2.05, 4.69) is 10.6 Å². The van der Waals surface area contributed by atoms with E-state index in [1.165, 1.54) is 19.1 Å². The van der Waals surface area contributed by atoms with Crippen LogP contribution < -0.4 is 16.4 Å². The van der Waals surface area contributed by atoms with Gasteiger partial charge in [-0.25, -0.2) is 4.39 Å². The molecule has 1 unspecified atom stereocenters. The minimum Gasteiger partial charge on any atom is -0.481 e. The number of hydrogen-bond donors (Lipinski definition) is 4. The molecule has 114 valence electrons. The Balaban J connectivity index is 2.71. The lowest BCUT2D eigenvalue weighted by molar-refractivity contribution is -0.137. The summed E-state index contributed by atoms with van der Waals surface area (Å²) in [5.74, 6) is -2.72. The number of benzene rings is 1. The summed E-state index contributed by atoms with van der Waals surface area (Å²) < 4.78 is 13.4. The smallest absolute Gasteiger partial charge is 0.303 e. The predicted octanol–water partition coefficient (Wildman–Crippen LogP) is 0.915. The Labute approximate surface area is 120 Å². The molecule has 0 aliphatic carbocycles. The summed E-state index contributed by atoms with van der Waals surface area (Å²) in [6, 6.07) is 2.65. The maximum absolute atomic E-state index is 13.4. The first-order chi connectivity index (χ1) is 9.79. The van der Waals surface area contributed by atoms with Crippen molar-refractivity contribution in [1.82, 2.24) is 0 Å². The first kappa shape index (κ1) is 16.6. The molecule has 2 amide bonds. The van der Waals surface area contributed by atoms with Gasteiger partial charge in [0.05, 0.1) is 11.7 Å². The molecule has 1 aromatic rings. The second kappa shape index (κ2) is 7.34. The zero-order valence-corrected chi connectivity index (χ0v) is 11.4. The SMILES string of the molecule is CC(=O)Nc1cc(NC(=O)C(N)CCC(=O)O)ccc1F. The van der Waals surface area contributed by atoms with Gasteiger partial charge in [-0.2, -0.15) is 0 Å². The zero-order valence-electron chi connectivity index (χ0n) is 11.4. The van der Waals surface area contributed by atoms with Crippen molar-refractivity contribution in [2.45, 2.75) is 25.8 Å². The van der Waals surface area contributed by atoms with Gasteiger partial charge in [0.15, 0.2) is 0 Å². The van der Waals surface area contributed by atoms with E-state index >= 15 is 0 Å². The third-order valence-electron chi connectivity index (χ3n) is 2.55. The third-order valence-corrected chi connectivity index (χ3v) is 2.55. The van der Waals surface area contributed by atoms with Crippen LogP contribution in [0, 0.1) is 5.82 Å². The summed E-state index contributed by atoms with van der Waals surface area (Å²) in [6.45, 7) is 1.23. The topological polar surface area (TPSA) is 122 Å². The number of aliphatic carboxylic acids is 1. The monoisotopic (exact) mass is 297 g/mol. The maximum Gasteiger partial charge on any atom is 0.303 e. The normalized spacial score (nSPS) is 11.6. The van der Waals surface area contributed by atoms with Crippen molar-refractivity contribution < 1.29 is 23.9 Å². The molecule has 0 saturated carbocycles. The molecule has 0 spiro atoms. The fourth-order valence-electron chi connectivity index (χ4n) is 1.53. The number of carbonyl (C=O) groups excluding carboxylic acids is 2. The molecule has 0 aliphatic heterocycles. The van der Waals surface area contributed by atoms with E-state index in [0.29, 0.717) is 0 Å². The highest BCUT2D eigenvalue weighted by Crippen LogP contribution is 2.19. The minimum atomic E-state index is -1.05. The maximum atomic E-state index is 13.4. The Bertz CT molecular complexity index is 562. The van der Waals surface area contributed by atoms with Crippen molar-refractivity contribution in [3.05, 3.63) is 24.0 Å². The summed E-state index contributed by atoms with van der Waals surface area (Å²) in [4.78, 5) is 33.0. The summed E-state index contributed by atoms with van der Waals surface area (Å²) in [7, 11) is 0. The molecule has 8 heteroatoms. The highest BCUT2D eigenvalue weighted by Gasteiger charge is 2.15. The zero-order chi connectivity index (χ0) is 16.0. The van der Waals surface area contributed by atoms with E-state index < -0.39 is 29.6 Å². The largest absolute Gasteiger partial charge is 0.481 e. The highest BCUT2D eigenvalue weighted by atomic mass is 19.1. The number of hydrogen-bond acceptors (Lipinski definition) is 4. The van der Waals surface area contributed by atoms with Crippen LogP contribution in [-0.4, -0.2) is 28.9 Å². The van der Waals surface area contributed by atoms with Crippen LogP contribution in [0.4, 0.5) is 15.8 Å². The van der Waals surface area contributed by atoms with E-state index in [1.54, 1.807) is 0 Å². The molecule has 0 fully saturated rings. The fraction of sp³-hybridized carbons (Fsp3) is 0.308. The average molecular weight is 297 g/mol. The van der Waals surface area contributed by atoms with E-state index in [4.69, 9.17) is 10.8 Å². The number of carbonyl (C=O) groups is 3. The Morgan fingerprint density at radius 2 is 2.00 bits per heavy atom. The van der Waals surface area contributed by atoms with Crippen LogP contribution in [0.1, 0.15) is 19.8 Å². The van der Waals surface area contributed by atoms with Gasteiger partial charge in [0.1, 0.15) is 5.82 Å². The molecule has 0 saturated heterocycles. The van der Waals surface area contributed by atoms with Gasteiger partial charge in [-0.15, -0.1) is 0 Å². The Morgan fingerprint density at radius 1 is 1.33 bits per heavy atom. The number of amides is 2. The van der Waals surface area contributed by atoms with Crippen molar-refractivity contribution in [3.8, 4) is 0 Å². The number of nitrogens with one attached hydrogen (secondary N) is 2. The fourth-order valence-corrected chi connectivity index (χ4v) is 1.53. The lowest BCUT2D eigenvalue weighted by Gasteiger charge is -2.12. The van der Waals surface area contributed by atoms with Crippen LogP contribution in [0.2, 0.25) is 0 Å². The van der Waals surface area contributed by atoms with Crippen LogP contribution in [0.15, 0.2) is 18.2 Å². The van der Waals surface area contributed by atoms with Crippen molar-refractivity contribution in [2.24, 2.45) is 5.73 Å². The molecule has 0 bridgehead atoms. The van der Waals surface area contributed by atoms with Crippen LogP contribution >= 0.6 is 0 Å². The summed E-state index contributed by atoms with van der Waals surface area (Å²) in [5, 5.41) is 13.2. The molecule has 5 N–H and O–H groups in total. The van der Waals surface area contributed by atoms with E-state index in [-0.39, 0.29) is 24.2 Å². The van der Waals surface area contributed by atoms with Crippen LogP contribution in [0.5, 0.6) is 0 Å². The van der Waals surface area contributed by atoms with Crippen LogP contribution in [0.25, 0.3) is 0 Å². The lowest BCUT2D eigenvalue weighted by atomic mass is 10.1. The Morgan fingerprint density at radius 3 is 2.57 bits per heavy atom. The van der Waals surface area contributed by atoms with Crippen molar-refractivity contribution in [1.29, 1.82) is 0 Å². The van der Waals surface area contributed by atoms with Gasteiger partial charge in [-0.3, -0.25) is 14.4 Å². The summed E-state index contributed by atoms with van der Waals surface area (Å²) in [5.41, 5.74) is 5.72. The first-order valence-electron chi connectivity index (χ1n) is 6.15. The summed E-state index contributed by atoms with van der Waals surface area (Å²) in [6.07, 6.45) is -0.240. The highest BCUT2D eigenvalue weighted by molar-refractivity contribution is 5.96. The molecule has 7 nitrogen and oxygen atoms in total. The van der Waals surface area contributed by atoms with E-state index in [0.717, 1.165) is 6.07 Å². The molecule has 1 aromatic carbocycles. The molecule has 21 heavy (non-hydrogen) atoms. The Kier molecular flexibility index (Phi) is 5.79. The van der Waals surface area contributed by atoms with Crippen molar-refractivity contribution in [2.75, 3.05) is 10.6 Å². The second-order valence-electron chi connectivity index (χ2n) is 4.40. The Hall–Kier alpha value is -2.48. The molecular formula is C13H16FN3O4. The molecule has 0 aliphatic rings. The number of carboxylic acid groups (broad SMARTS) is 1. The van der Waals surface area contributed by atoms with Crippen molar-refractivity contribution in [3.63, 3.8) is 0 Å². The third kappa shape index (κ3) is 5.57. The lowest BCUT2D eigenvalue weighted by Crippen LogP contribution is -2.36. The average Bonchev–Trinajstić information content (AvgIpc) is 2.39. The van der Waals surface area contributed by atoms with E-state index in [9.17, 15) is 18.8 Å². The van der Waals surface area contributed by atoms with Crippen LogP contribution in [-0.2, 0) is 14.4 Å². The predicted molar refractivity (Wildman–Crippen MR) is 74.2 cm³/mol. The summed E-state index contributed by atoms with van der Waals surface area (Å²) >= 11 is 0. The van der Waals surface area contributed by atoms with Crippen molar-refractivity contribution >= 4 is 29.2 Å². The van der Waals surface area contributed by atoms with E-state index in [1.807, 2.05) is 0 Å². The molecule has 0 radical (unpaired) electrons. The first-order valence-corrected chi connectivity index (χ1v) is 6.15. The van der Waals surface area contributed by atoms with Gasteiger partial charge in [0.25, 0.3) is 0 Å². The van der Waals surface area contributed by atoms with Gasteiger partial charge < -0.3 is 21.5 Å². The van der Waals surface area contributed by atoms with Gasteiger partial charge >= 0.3 is 5.97 Å². The molecule has 0 aromatic heterocycles. The minimum absolute atomic E-state index is 0.0130. The number of halogens is 1. The van der Waals surface area contributed by atoms with Gasteiger partial charge in [0.2, 0.25) is 11.8 Å². The number of rotatable bonds is 6. The standard InChI is InChI=1S/C13H16FN3O4/c1-7(18)16-11-6-8(2-3-9(11)14)17-13(21)10(15)4-5-12(19)20/h2-3,6,10H,4-5,15H2,1H3,(H,16,18)(H,17,21)(H,19,20). The molecule has 1 atom stereocenters. The van der Waals surface area contributed by atoms with Crippen LogP contribution in [0.3, 0.4) is 0 Å². The molecule has 0 heterocycles. The number of anilines is 2. The van der Waals surface area contributed by atoms with Gasteiger partial charge in [0, 0.05) is 19.0 Å². The van der Waals surface area contributed by atoms with Gasteiger partial charge in [-0.1, -0.05) is 0 Å². The number of carboxylic acids is 1. The van der Waals surface area contributed by atoms with Gasteiger partial charge in [-0.05, 0) is 24.6 Å². The number of nitrogens with two attached hydrogens (primary N) is 1. The quantitative estimate of drug-likeness (QED) is 0.622.